The number of pyridine rings is 1. The largest absolute Gasteiger partial charge is 0.573 e. The molecule has 24 heteroatoms. The number of primary amides is 1. The molecule has 3 aromatic heterocycles. The van der Waals surface area contributed by atoms with E-state index < -0.39 is 65.7 Å². The highest BCUT2D eigenvalue weighted by Gasteiger charge is 2.44. The Kier molecular flexibility index (Phi) is 21.0. The van der Waals surface area contributed by atoms with Gasteiger partial charge in [-0.05, 0) is 72.9 Å². The number of ether oxygens (including phenoxy) is 2. The fourth-order valence-corrected chi connectivity index (χ4v) is 10.5. The summed E-state index contributed by atoms with van der Waals surface area (Å²) in [6.07, 6.45) is 0.999. The minimum atomic E-state index is -4.85. The monoisotopic (exact) mass is 1150 g/mol. The molecule has 19 nitrogen and oxygen atoms in total. The first kappa shape index (κ1) is 61.2. The third-order valence-electron chi connectivity index (χ3n) is 14.1. The first-order chi connectivity index (χ1) is 38.5. The minimum absolute atomic E-state index is 0.0200. The summed E-state index contributed by atoms with van der Waals surface area (Å²) in [4.78, 5) is 95.5. The summed E-state index contributed by atoms with van der Waals surface area (Å²) >= 11 is 1.56. The van der Waals surface area contributed by atoms with Crippen molar-refractivity contribution < 1.29 is 60.9 Å². The molecule has 0 aliphatic carbocycles. The number of thiazole rings is 1. The number of carbonyl (C=O) groups is 6. The number of hydrogen-bond acceptors (Lipinski definition) is 13. The molecular weight excluding hydrogens is 1080 g/mol. The quantitative estimate of drug-likeness (QED) is 0.0293. The van der Waals surface area contributed by atoms with E-state index in [1.165, 1.54) is 34.2 Å². The van der Waals surface area contributed by atoms with Crippen LogP contribution in [0.4, 0.5) is 17.6 Å². The zero-order valence-corrected chi connectivity index (χ0v) is 46.6. The van der Waals surface area contributed by atoms with Gasteiger partial charge in [0.15, 0.2) is 6.17 Å². The highest BCUT2D eigenvalue weighted by molar-refractivity contribution is 7.13. The lowest BCUT2D eigenvalue weighted by Gasteiger charge is -2.35. The number of nitrogens with one attached hydrogen (secondary N) is 3. The highest BCUT2D eigenvalue weighted by Crippen LogP contribution is 2.31. The van der Waals surface area contributed by atoms with Crippen molar-refractivity contribution in [3.63, 3.8) is 0 Å². The summed E-state index contributed by atoms with van der Waals surface area (Å²) < 4.78 is 64.4. The first-order valence-electron chi connectivity index (χ1n) is 27.1. The molecule has 5 heterocycles. The molecule has 436 valence electrons. The third kappa shape index (κ3) is 17.8. The molecule has 81 heavy (non-hydrogen) atoms. The lowest BCUT2D eigenvalue weighted by Crippen LogP contribution is -2.57. The zero-order valence-electron chi connectivity index (χ0n) is 45.8. The number of aromatic nitrogens is 4. The van der Waals surface area contributed by atoms with Crippen LogP contribution in [0.2, 0.25) is 0 Å². The summed E-state index contributed by atoms with van der Waals surface area (Å²) in [7, 11) is 0. The average molecular weight is 1150 g/mol. The van der Waals surface area contributed by atoms with E-state index in [-0.39, 0.29) is 81.0 Å². The molecule has 0 saturated carbocycles. The van der Waals surface area contributed by atoms with E-state index in [1.54, 1.807) is 29.4 Å². The number of piperidine rings is 1. The maximum absolute atomic E-state index is 15.4. The van der Waals surface area contributed by atoms with Crippen molar-refractivity contribution >= 4 is 46.8 Å². The molecule has 2 aliphatic heterocycles. The van der Waals surface area contributed by atoms with Gasteiger partial charge < -0.3 is 50.6 Å². The van der Waals surface area contributed by atoms with Crippen molar-refractivity contribution in [1.82, 2.24) is 45.3 Å². The van der Waals surface area contributed by atoms with Crippen molar-refractivity contribution in [2.24, 2.45) is 11.1 Å². The minimum Gasteiger partial charge on any atom is -0.471 e. The number of alkyl halides is 4. The lowest BCUT2D eigenvalue weighted by atomic mass is 9.85. The van der Waals surface area contributed by atoms with Crippen LogP contribution in [0.25, 0.3) is 21.7 Å². The number of imidazole rings is 1. The van der Waals surface area contributed by atoms with Crippen LogP contribution in [0.1, 0.15) is 112 Å². The number of carbonyl (C=O) groups excluding carboxylic acids is 6. The molecular formula is C57H70F4N10O9S. The van der Waals surface area contributed by atoms with Gasteiger partial charge >= 0.3 is 6.36 Å². The van der Waals surface area contributed by atoms with Crippen molar-refractivity contribution in [2.75, 3.05) is 26.2 Å². The molecule has 2 aliphatic rings. The molecule has 6 N–H and O–H groups in total. The standard InChI is InChI=1S/C57H70F4N10O9S/c1-35-50(81-34-67-35)38-17-13-37(14-18-38)28-64-53(77)45-27-40(72)30-71(45)55(78)51(56(2,3)4)68-48(74)12-8-6-5-7-11-47(73)63-22-9-10-23-69-32-44(66-33-69)39-26-42(52(62)76)54(65-29-39)79-46-21-24-70(31-43(46)58)49(75)25-36-15-19-41(20-16-36)80-57(59,60)61/h13-20,26,29,32-34,40,43,45-46,51,72H,5-12,21-25,27-28,30-31H2,1-4H3,(H2,62,76)(H,63,73)(H,64,77)(H,68,74)/t40-,43-,45?,46-,51-/m1/s1. The van der Waals surface area contributed by atoms with Crippen LogP contribution in [0.15, 0.2) is 78.8 Å². The summed E-state index contributed by atoms with van der Waals surface area (Å²) in [6.45, 7) is 8.59. The number of amides is 6. The Hall–Kier alpha value is -7.47. The van der Waals surface area contributed by atoms with Crippen LogP contribution in [-0.4, -0.2) is 133 Å². The number of aryl methyl sites for hydroxylation is 2. The Bertz CT molecular complexity index is 2970. The SMILES string of the molecule is Cc1ncsc1-c1ccc(CNC(=O)C2C[C@@H](O)CN2C(=O)[C@@H](NC(=O)CCCCCCC(=O)NCCCCn2cnc(-c3cnc(O[C@@H]4CCN(C(=O)Cc5ccc(OC(F)(F)F)cc5)C[C@H]4F)c(C(N)=O)c3)c2)C(C)(C)C)cc1. The fraction of sp³-hybridized carbons (Fsp3) is 0.491. The van der Waals surface area contributed by atoms with Crippen LogP contribution >= 0.6 is 11.3 Å². The summed E-state index contributed by atoms with van der Waals surface area (Å²) in [5, 5.41) is 19.4. The number of nitrogens with zero attached hydrogens (tertiary/aromatic N) is 6. The second kappa shape index (κ2) is 27.8. The number of rotatable bonds is 25. The first-order valence-corrected chi connectivity index (χ1v) is 28.0. The fourth-order valence-electron chi connectivity index (χ4n) is 9.65. The van der Waals surface area contributed by atoms with Gasteiger partial charge in [0, 0.05) is 76.4 Å². The summed E-state index contributed by atoms with van der Waals surface area (Å²) in [5.74, 6) is -3.04. The van der Waals surface area contributed by atoms with Gasteiger partial charge in [-0.3, -0.25) is 28.8 Å². The molecule has 6 amide bonds. The Morgan fingerprint density at radius 2 is 1.57 bits per heavy atom. The lowest BCUT2D eigenvalue weighted by molar-refractivity contribution is -0.274. The number of hydrogen-bond donors (Lipinski definition) is 5. The second-order valence-corrected chi connectivity index (χ2v) is 22.4. The van der Waals surface area contributed by atoms with E-state index in [4.69, 9.17) is 10.5 Å². The predicted octanol–water partition coefficient (Wildman–Crippen LogP) is 6.98. The topological polar surface area (TPSA) is 253 Å². The highest BCUT2D eigenvalue weighted by atomic mass is 32.1. The van der Waals surface area contributed by atoms with Crippen molar-refractivity contribution in [1.29, 1.82) is 0 Å². The van der Waals surface area contributed by atoms with Crippen molar-refractivity contribution in [3.05, 3.63) is 101 Å². The third-order valence-corrected chi connectivity index (χ3v) is 15.1. The van der Waals surface area contributed by atoms with Gasteiger partial charge in [0.25, 0.3) is 5.91 Å². The van der Waals surface area contributed by atoms with Gasteiger partial charge in [0.2, 0.25) is 35.4 Å². The van der Waals surface area contributed by atoms with E-state index in [2.05, 4.69) is 35.6 Å². The Morgan fingerprint density at radius 1 is 0.864 bits per heavy atom. The number of unbranched alkanes of at least 4 members (excludes halogenated alkanes) is 4. The molecule has 5 atom stereocenters. The number of benzene rings is 2. The molecule has 5 aromatic rings. The molecule has 0 radical (unpaired) electrons. The van der Waals surface area contributed by atoms with Crippen LogP contribution in [0.5, 0.6) is 11.6 Å². The van der Waals surface area contributed by atoms with Gasteiger partial charge in [0.05, 0.1) is 47.2 Å². The molecule has 0 bridgehead atoms. The van der Waals surface area contributed by atoms with E-state index in [0.29, 0.717) is 62.0 Å². The second-order valence-electron chi connectivity index (χ2n) is 21.5. The Morgan fingerprint density at radius 3 is 2.22 bits per heavy atom. The normalized spacial score (nSPS) is 17.8. The average Bonchev–Trinajstić information content (AvgIpc) is 4.20. The van der Waals surface area contributed by atoms with Crippen molar-refractivity contribution in [3.8, 4) is 33.3 Å². The maximum Gasteiger partial charge on any atom is 0.573 e. The van der Waals surface area contributed by atoms with Gasteiger partial charge in [-0.15, -0.1) is 24.5 Å². The van der Waals surface area contributed by atoms with Gasteiger partial charge in [-0.2, -0.15) is 0 Å². The summed E-state index contributed by atoms with van der Waals surface area (Å²) in [6, 6.07) is 12.3. The molecule has 1 unspecified atom stereocenters. The van der Waals surface area contributed by atoms with Gasteiger partial charge in [0.1, 0.15) is 29.5 Å². The number of likely N-dealkylation sites (tertiary alicyclic amines) is 2. The van der Waals surface area contributed by atoms with E-state index in [1.807, 2.05) is 56.5 Å². The maximum atomic E-state index is 15.4. The molecule has 2 fully saturated rings. The molecule has 2 aromatic carbocycles. The number of nitrogens with two attached hydrogens (primary N) is 1. The number of halogens is 4. The molecule has 7 rings (SSSR count). The Labute approximate surface area is 471 Å². The number of aliphatic hydroxyl groups is 1. The van der Waals surface area contributed by atoms with Crippen LogP contribution in [0, 0.1) is 12.3 Å². The van der Waals surface area contributed by atoms with Gasteiger partial charge in [-0.1, -0.05) is 70.0 Å². The van der Waals surface area contributed by atoms with Gasteiger partial charge in [-0.25, -0.2) is 19.3 Å². The number of aliphatic hydroxyl groups excluding tert-OH is 1. The van der Waals surface area contributed by atoms with Crippen LogP contribution in [0.3, 0.4) is 0 Å². The Balaban J connectivity index is 0.759. The smallest absolute Gasteiger partial charge is 0.471 e. The van der Waals surface area contributed by atoms with E-state index >= 15 is 4.39 Å². The number of β-amino-alcohol motifs (C(OH)–C–C–N with tert-alkyl or cyclic N) is 1. The molecule has 0 spiro atoms. The van der Waals surface area contributed by atoms with E-state index in [0.717, 1.165) is 46.7 Å². The zero-order chi connectivity index (χ0) is 58.4. The van der Waals surface area contributed by atoms with Crippen molar-refractivity contribution in [2.45, 2.75) is 148 Å². The molecule has 2 saturated heterocycles. The van der Waals surface area contributed by atoms with Crippen LogP contribution in [-0.2, 0) is 43.5 Å². The summed E-state index contributed by atoms with van der Waals surface area (Å²) in [5.41, 5.74) is 11.0. The van der Waals surface area contributed by atoms with E-state index in [9.17, 15) is 47.0 Å². The predicted molar refractivity (Wildman–Crippen MR) is 293 cm³/mol. The van der Waals surface area contributed by atoms with Crippen LogP contribution < -0.4 is 31.2 Å².